The first-order valence-corrected chi connectivity index (χ1v) is 6.13. The van der Waals surface area contributed by atoms with E-state index in [0.717, 1.165) is 6.42 Å². The predicted molar refractivity (Wildman–Crippen MR) is 62.4 cm³/mol. The van der Waals surface area contributed by atoms with Gasteiger partial charge in [0.25, 0.3) is 0 Å². The normalized spacial score (nSPS) is 32.4. The van der Waals surface area contributed by atoms with Crippen LogP contribution in [0.2, 0.25) is 0 Å². The standard InChI is InChI=1S/C11H21NOS/c1-7-11(8-10(11,5)6)12-14(13)9(2,3)4/h7,12H,1,8H2,2-6H3/t11-,14-/m1/s1. The van der Waals surface area contributed by atoms with Gasteiger partial charge in [-0.1, -0.05) is 19.9 Å². The third-order valence-electron chi connectivity index (χ3n) is 2.98. The average molecular weight is 215 g/mol. The van der Waals surface area contributed by atoms with Gasteiger partial charge in [-0.15, -0.1) is 6.58 Å². The van der Waals surface area contributed by atoms with Gasteiger partial charge in [0.1, 0.15) is 0 Å². The molecule has 0 aromatic carbocycles. The number of hydrogen-bond donors (Lipinski definition) is 1. The summed E-state index contributed by atoms with van der Waals surface area (Å²) in [6.07, 6.45) is 2.92. The van der Waals surface area contributed by atoms with E-state index in [4.69, 9.17) is 0 Å². The zero-order valence-electron chi connectivity index (χ0n) is 9.81. The third kappa shape index (κ3) is 1.94. The predicted octanol–water partition coefficient (Wildman–Crippen LogP) is 2.39. The van der Waals surface area contributed by atoms with Gasteiger partial charge in [-0.2, -0.15) is 0 Å². The van der Waals surface area contributed by atoms with Crippen molar-refractivity contribution in [3.05, 3.63) is 12.7 Å². The maximum Gasteiger partial charge on any atom is 0.0978 e. The van der Waals surface area contributed by atoms with Gasteiger partial charge >= 0.3 is 0 Å². The molecule has 0 spiro atoms. The molecule has 0 saturated heterocycles. The Labute approximate surface area is 89.8 Å². The minimum atomic E-state index is -1.01. The summed E-state index contributed by atoms with van der Waals surface area (Å²) in [5.41, 5.74) is 0.0702. The summed E-state index contributed by atoms with van der Waals surface area (Å²) >= 11 is 0. The van der Waals surface area contributed by atoms with E-state index in [1.54, 1.807) is 0 Å². The monoisotopic (exact) mass is 215 g/mol. The molecule has 0 bridgehead atoms. The highest BCUT2D eigenvalue weighted by Crippen LogP contribution is 2.56. The number of rotatable bonds is 3. The summed E-state index contributed by atoms with van der Waals surface area (Å²) in [4.78, 5) is 0. The topological polar surface area (TPSA) is 29.1 Å². The molecule has 1 N–H and O–H groups in total. The largest absolute Gasteiger partial charge is 0.242 e. The van der Waals surface area contributed by atoms with E-state index in [-0.39, 0.29) is 15.7 Å². The summed E-state index contributed by atoms with van der Waals surface area (Å²) in [6.45, 7) is 14.1. The number of hydrogen-bond acceptors (Lipinski definition) is 1. The van der Waals surface area contributed by atoms with E-state index in [0.29, 0.717) is 0 Å². The summed E-state index contributed by atoms with van der Waals surface area (Å²) < 4.78 is 14.9. The molecule has 0 amide bonds. The Morgan fingerprint density at radius 3 is 2.07 bits per heavy atom. The fourth-order valence-electron chi connectivity index (χ4n) is 1.54. The van der Waals surface area contributed by atoms with Crippen LogP contribution in [-0.2, 0) is 11.0 Å². The van der Waals surface area contributed by atoms with E-state index < -0.39 is 11.0 Å². The van der Waals surface area contributed by atoms with Gasteiger partial charge in [0.15, 0.2) is 0 Å². The van der Waals surface area contributed by atoms with Crippen molar-refractivity contribution in [1.82, 2.24) is 4.72 Å². The second kappa shape index (κ2) is 3.17. The first-order chi connectivity index (χ1) is 6.15. The highest BCUT2D eigenvalue weighted by molar-refractivity contribution is 7.84. The van der Waals surface area contributed by atoms with Crippen molar-refractivity contribution >= 4 is 11.0 Å². The van der Waals surface area contributed by atoms with Gasteiger partial charge in [0, 0.05) is 0 Å². The van der Waals surface area contributed by atoms with Crippen LogP contribution in [0.25, 0.3) is 0 Å². The Balaban J connectivity index is 2.71. The molecular weight excluding hydrogens is 194 g/mol. The van der Waals surface area contributed by atoms with Crippen LogP contribution >= 0.6 is 0 Å². The Morgan fingerprint density at radius 1 is 1.43 bits per heavy atom. The SMILES string of the molecule is C=C[C@@]1(N[S@](=O)C(C)(C)C)CC1(C)C. The van der Waals surface area contributed by atoms with Crippen molar-refractivity contribution in [2.75, 3.05) is 0 Å². The molecule has 2 nitrogen and oxygen atoms in total. The quantitative estimate of drug-likeness (QED) is 0.720. The van der Waals surface area contributed by atoms with Crippen LogP contribution < -0.4 is 4.72 Å². The molecule has 1 fully saturated rings. The third-order valence-corrected chi connectivity index (χ3v) is 4.64. The molecule has 2 atom stereocenters. The summed E-state index contributed by atoms with van der Waals surface area (Å²) in [6, 6.07) is 0. The summed E-state index contributed by atoms with van der Waals surface area (Å²) in [5, 5.41) is 0. The van der Waals surface area contributed by atoms with Crippen molar-refractivity contribution in [2.24, 2.45) is 5.41 Å². The molecule has 0 heterocycles. The van der Waals surface area contributed by atoms with Crippen LogP contribution in [0.4, 0.5) is 0 Å². The van der Waals surface area contributed by atoms with Crippen LogP contribution in [-0.4, -0.2) is 14.5 Å². The molecule has 3 heteroatoms. The lowest BCUT2D eigenvalue weighted by atomic mass is 10.1. The molecule has 1 rings (SSSR count). The van der Waals surface area contributed by atoms with Gasteiger partial charge in [-0.3, -0.25) is 0 Å². The number of nitrogens with one attached hydrogen (secondary N) is 1. The molecule has 1 aliphatic carbocycles. The fourth-order valence-corrected chi connectivity index (χ4v) is 2.60. The van der Waals surface area contributed by atoms with Gasteiger partial charge in [0.2, 0.25) is 0 Å². The highest BCUT2D eigenvalue weighted by Gasteiger charge is 2.60. The minimum absolute atomic E-state index is 0.120. The molecular formula is C11H21NOS. The maximum absolute atomic E-state index is 11.9. The van der Waals surface area contributed by atoms with E-state index >= 15 is 0 Å². The van der Waals surface area contributed by atoms with E-state index in [1.165, 1.54) is 0 Å². The molecule has 0 aromatic rings. The van der Waals surface area contributed by atoms with E-state index in [2.05, 4.69) is 25.1 Å². The Hall–Kier alpha value is -0.150. The Morgan fingerprint density at radius 2 is 1.86 bits per heavy atom. The van der Waals surface area contributed by atoms with Crippen LogP contribution in [0.15, 0.2) is 12.7 Å². The van der Waals surface area contributed by atoms with Crippen molar-refractivity contribution < 1.29 is 4.21 Å². The van der Waals surface area contributed by atoms with Crippen molar-refractivity contribution in [3.63, 3.8) is 0 Å². The zero-order chi connectivity index (χ0) is 11.2. The molecule has 0 radical (unpaired) electrons. The molecule has 0 aromatic heterocycles. The maximum atomic E-state index is 11.9. The van der Waals surface area contributed by atoms with Crippen molar-refractivity contribution in [1.29, 1.82) is 0 Å². The second-order valence-corrected chi connectivity index (χ2v) is 7.69. The van der Waals surface area contributed by atoms with Crippen LogP contribution in [0.3, 0.4) is 0 Å². The lowest BCUT2D eigenvalue weighted by Crippen LogP contribution is -2.42. The smallest absolute Gasteiger partial charge is 0.0978 e. The zero-order valence-corrected chi connectivity index (χ0v) is 10.6. The lowest BCUT2D eigenvalue weighted by molar-refractivity contribution is 0.522. The fraction of sp³-hybridized carbons (Fsp3) is 0.818. The molecule has 14 heavy (non-hydrogen) atoms. The second-order valence-electron chi connectivity index (χ2n) is 5.72. The highest BCUT2D eigenvalue weighted by atomic mass is 32.2. The van der Waals surface area contributed by atoms with Gasteiger partial charge in [0.05, 0.1) is 21.3 Å². The summed E-state index contributed by atoms with van der Waals surface area (Å²) in [7, 11) is -1.01. The first-order valence-electron chi connectivity index (χ1n) is 4.98. The van der Waals surface area contributed by atoms with Crippen LogP contribution in [0.1, 0.15) is 41.0 Å². The van der Waals surface area contributed by atoms with Crippen molar-refractivity contribution in [2.45, 2.75) is 51.3 Å². The average Bonchev–Trinajstić information content (AvgIpc) is 2.52. The first kappa shape index (κ1) is 11.9. The van der Waals surface area contributed by atoms with Crippen LogP contribution in [0.5, 0.6) is 0 Å². The molecule has 0 aliphatic heterocycles. The van der Waals surface area contributed by atoms with Gasteiger partial charge < -0.3 is 0 Å². The van der Waals surface area contributed by atoms with E-state index in [1.807, 2.05) is 26.8 Å². The van der Waals surface area contributed by atoms with Gasteiger partial charge in [-0.25, -0.2) is 8.93 Å². The van der Waals surface area contributed by atoms with Crippen molar-refractivity contribution in [3.8, 4) is 0 Å². The lowest BCUT2D eigenvalue weighted by Gasteiger charge is -2.24. The molecule has 1 saturated carbocycles. The molecule has 82 valence electrons. The Bertz CT molecular complexity index is 278. The van der Waals surface area contributed by atoms with Crippen LogP contribution in [0, 0.1) is 5.41 Å². The summed E-state index contributed by atoms with van der Waals surface area (Å²) in [5.74, 6) is 0. The molecule has 1 aliphatic rings. The Kier molecular flexibility index (Phi) is 2.70. The van der Waals surface area contributed by atoms with E-state index in [9.17, 15) is 4.21 Å². The molecule has 0 unspecified atom stereocenters. The minimum Gasteiger partial charge on any atom is -0.242 e. The van der Waals surface area contributed by atoms with Gasteiger partial charge in [-0.05, 0) is 32.6 Å².